The van der Waals surface area contributed by atoms with Crippen LogP contribution in [0.5, 0.6) is 0 Å². The summed E-state index contributed by atoms with van der Waals surface area (Å²) in [6.45, 7) is 0.792. The number of nitrogens with two attached hydrogens (primary N) is 1. The number of hydrogen-bond donors (Lipinski definition) is 2. The van der Waals surface area contributed by atoms with E-state index in [1.807, 2.05) is 0 Å². The van der Waals surface area contributed by atoms with E-state index in [2.05, 4.69) is 5.32 Å². The third-order valence-electron chi connectivity index (χ3n) is 4.14. The quantitative estimate of drug-likeness (QED) is 0.813. The van der Waals surface area contributed by atoms with E-state index in [9.17, 15) is 4.79 Å². The summed E-state index contributed by atoms with van der Waals surface area (Å²) in [6, 6.07) is 4.98. The van der Waals surface area contributed by atoms with Crippen molar-refractivity contribution in [2.75, 3.05) is 12.3 Å². The Kier molecular flexibility index (Phi) is 3.40. The number of hydrogen-bond acceptors (Lipinski definition) is 2. The molecule has 1 aromatic carbocycles. The summed E-state index contributed by atoms with van der Waals surface area (Å²) in [7, 11) is 0. The standard InChI is InChI=1S/C15H19ClN2O/c16-12-5-11(6-13(17)7-12)15(19)18-8-14(9-1-2-9)10-3-4-10/h5-7,9-10,14H,1-4,8,17H2,(H,18,19). The van der Waals surface area contributed by atoms with Crippen LogP contribution in [0.3, 0.4) is 0 Å². The molecule has 3 N–H and O–H groups in total. The molecule has 2 aliphatic carbocycles. The molecule has 1 amide bonds. The number of halogens is 1. The Balaban J connectivity index is 1.60. The number of carbonyl (C=O) groups excluding carboxylic acids is 1. The highest BCUT2D eigenvalue weighted by atomic mass is 35.5. The second kappa shape index (κ2) is 5.04. The molecule has 0 spiro atoms. The predicted octanol–water partition coefficient (Wildman–Crippen LogP) is 3.09. The van der Waals surface area contributed by atoms with E-state index in [4.69, 9.17) is 17.3 Å². The van der Waals surface area contributed by atoms with E-state index < -0.39 is 0 Å². The van der Waals surface area contributed by atoms with E-state index in [1.165, 1.54) is 25.7 Å². The number of benzene rings is 1. The first-order chi connectivity index (χ1) is 9.13. The van der Waals surface area contributed by atoms with Gasteiger partial charge in [0.05, 0.1) is 0 Å². The topological polar surface area (TPSA) is 55.1 Å². The summed E-state index contributed by atoms with van der Waals surface area (Å²) in [5.41, 5.74) is 6.78. The molecule has 19 heavy (non-hydrogen) atoms. The highest BCUT2D eigenvalue weighted by Crippen LogP contribution is 2.48. The van der Waals surface area contributed by atoms with Gasteiger partial charge in [0.2, 0.25) is 0 Å². The second-order valence-corrected chi connectivity index (χ2v) is 6.26. The molecule has 2 aliphatic rings. The Morgan fingerprint density at radius 3 is 2.42 bits per heavy atom. The van der Waals surface area contributed by atoms with E-state index in [-0.39, 0.29) is 5.91 Å². The Morgan fingerprint density at radius 1 is 1.26 bits per heavy atom. The molecule has 3 nitrogen and oxygen atoms in total. The third kappa shape index (κ3) is 3.21. The normalized spacial score (nSPS) is 18.6. The smallest absolute Gasteiger partial charge is 0.251 e. The minimum atomic E-state index is -0.0690. The lowest BCUT2D eigenvalue weighted by molar-refractivity contribution is 0.0943. The third-order valence-corrected chi connectivity index (χ3v) is 4.35. The molecule has 0 unspecified atom stereocenters. The number of rotatable bonds is 5. The van der Waals surface area contributed by atoms with Crippen molar-refractivity contribution in [1.82, 2.24) is 5.32 Å². The van der Waals surface area contributed by atoms with Gasteiger partial charge in [0, 0.05) is 22.8 Å². The Hall–Kier alpha value is -1.22. The Bertz CT molecular complexity index is 463. The van der Waals surface area contributed by atoms with Crippen molar-refractivity contribution in [1.29, 1.82) is 0 Å². The van der Waals surface area contributed by atoms with Gasteiger partial charge >= 0.3 is 0 Å². The lowest BCUT2D eigenvalue weighted by atomic mass is 9.98. The van der Waals surface area contributed by atoms with Gasteiger partial charge in [-0.15, -0.1) is 0 Å². The van der Waals surface area contributed by atoms with Gasteiger partial charge in [0.1, 0.15) is 0 Å². The van der Waals surface area contributed by atoms with Crippen LogP contribution < -0.4 is 11.1 Å². The summed E-state index contributed by atoms with van der Waals surface area (Å²) < 4.78 is 0. The van der Waals surface area contributed by atoms with Gasteiger partial charge in [-0.25, -0.2) is 0 Å². The maximum Gasteiger partial charge on any atom is 0.251 e. The molecule has 1 aromatic rings. The fraction of sp³-hybridized carbons (Fsp3) is 0.533. The van der Waals surface area contributed by atoms with E-state index in [0.29, 0.717) is 22.2 Å². The first-order valence-electron chi connectivity index (χ1n) is 6.98. The minimum Gasteiger partial charge on any atom is -0.399 e. The SMILES string of the molecule is Nc1cc(Cl)cc(C(=O)NCC(C2CC2)C2CC2)c1. The first kappa shape index (κ1) is 12.8. The second-order valence-electron chi connectivity index (χ2n) is 5.82. The van der Waals surface area contributed by atoms with Crippen LogP contribution in [-0.4, -0.2) is 12.5 Å². The van der Waals surface area contributed by atoms with Crippen LogP contribution in [0.15, 0.2) is 18.2 Å². The molecule has 2 saturated carbocycles. The number of amides is 1. The molecule has 0 bridgehead atoms. The molecular formula is C15H19ClN2O. The maximum atomic E-state index is 12.1. The predicted molar refractivity (Wildman–Crippen MR) is 77.1 cm³/mol. The zero-order valence-electron chi connectivity index (χ0n) is 10.9. The monoisotopic (exact) mass is 278 g/mol. The molecule has 0 radical (unpaired) electrons. The van der Waals surface area contributed by atoms with Crippen LogP contribution in [0, 0.1) is 17.8 Å². The Labute approximate surface area is 118 Å². The molecule has 102 valence electrons. The van der Waals surface area contributed by atoms with Crippen LogP contribution in [0.25, 0.3) is 0 Å². The Morgan fingerprint density at radius 2 is 1.89 bits per heavy atom. The van der Waals surface area contributed by atoms with Gasteiger partial charge in [0.25, 0.3) is 5.91 Å². The van der Waals surface area contributed by atoms with Crippen molar-refractivity contribution in [2.24, 2.45) is 17.8 Å². The van der Waals surface area contributed by atoms with Gasteiger partial charge in [-0.1, -0.05) is 11.6 Å². The average molecular weight is 279 g/mol. The van der Waals surface area contributed by atoms with Crippen LogP contribution in [0.1, 0.15) is 36.0 Å². The maximum absolute atomic E-state index is 12.1. The van der Waals surface area contributed by atoms with E-state index in [1.54, 1.807) is 18.2 Å². The fourth-order valence-electron chi connectivity index (χ4n) is 2.82. The lowest BCUT2D eigenvalue weighted by Gasteiger charge is -2.16. The molecular weight excluding hydrogens is 260 g/mol. The van der Waals surface area contributed by atoms with E-state index >= 15 is 0 Å². The van der Waals surface area contributed by atoms with Crippen molar-refractivity contribution in [3.05, 3.63) is 28.8 Å². The summed E-state index contributed by atoms with van der Waals surface area (Å²) in [4.78, 5) is 12.1. The first-order valence-corrected chi connectivity index (χ1v) is 7.35. The summed E-state index contributed by atoms with van der Waals surface area (Å²) in [5.74, 6) is 2.30. The van der Waals surface area contributed by atoms with Gasteiger partial charge in [-0.2, -0.15) is 0 Å². The van der Waals surface area contributed by atoms with Crippen molar-refractivity contribution >= 4 is 23.2 Å². The zero-order chi connectivity index (χ0) is 13.4. The fourth-order valence-corrected chi connectivity index (χ4v) is 3.07. The van der Waals surface area contributed by atoms with Crippen molar-refractivity contribution in [2.45, 2.75) is 25.7 Å². The molecule has 3 rings (SSSR count). The summed E-state index contributed by atoms with van der Waals surface area (Å²) in [5, 5.41) is 3.55. The average Bonchev–Trinajstić information content (AvgIpc) is 3.22. The summed E-state index contributed by atoms with van der Waals surface area (Å²) in [6.07, 6.45) is 5.34. The van der Waals surface area contributed by atoms with Crippen molar-refractivity contribution < 1.29 is 4.79 Å². The van der Waals surface area contributed by atoms with Gasteiger partial charge in [-0.3, -0.25) is 4.79 Å². The van der Waals surface area contributed by atoms with Crippen LogP contribution in [0.4, 0.5) is 5.69 Å². The summed E-state index contributed by atoms with van der Waals surface area (Å²) >= 11 is 5.92. The zero-order valence-corrected chi connectivity index (χ0v) is 11.6. The van der Waals surface area contributed by atoms with E-state index in [0.717, 1.165) is 18.4 Å². The van der Waals surface area contributed by atoms with Crippen molar-refractivity contribution in [3.63, 3.8) is 0 Å². The highest BCUT2D eigenvalue weighted by molar-refractivity contribution is 6.31. The van der Waals surface area contributed by atoms with Gasteiger partial charge < -0.3 is 11.1 Å². The molecule has 4 heteroatoms. The van der Waals surface area contributed by atoms with Crippen LogP contribution in [-0.2, 0) is 0 Å². The molecule has 0 aliphatic heterocycles. The number of carbonyl (C=O) groups is 1. The largest absolute Gasteiger partial charge is 0.399 e. The van der Waals surface area contributed by atoms with Crippen LogP contribution >= 0.6 is 11.6 Å². The highest BCUT2D eigenvalue weighted by Gasteiger charge is 2.41. The van der Waals surface area contributed by atoms with Crippen LogP contribution in [0.2, 0.25) is 5.02 Å². The number of nitrogens with one attached hydrogen (secondary N) is 1. The minimum absolute atomic E-state index is 0.0690. The lowest BCUT2D eigenvalue weighted by Crippen LogP contribution is -2.31. The molecule has 0 atom stereocenters. The number of anilines is 1. The van der Waals surface area contributed by atoms with Crippen molar-refractivity contribution in [3.8, 4) is 0 Å². The molecule has 2 fully saturated rings. The molecule has 0 saturated heterocycles. The van der Waals surface area contributed by atoms with Gasteiger partial charge in [-0.05, 0) is 61.6 Å². The number of nitrogen functional groups attached to an aromatic ring is 1. The molecule has 0 aromatic heterocycles. The van der Waals surface area contributed by atoms with Gasteiger partial charge in [0.15, 0.2) is 0 Å². The molecule has 0 heterocycles.